The molecule has 0 bridgehead atoms. The van der Waals surface area contributed by atoms with Gasteiger partial charge in [-0.25, -0.2) is 4.98 Å². The average molecular weight is 540 g/mol. The largest absolute Gasteiger partial charge is 0.493 e. The van der Waals surface area contributed by atoms with Crippen molar-refractivity contribution < 1.29 is 14.3 Å². The first kappa shape index (κ1) is 27.2. The first-order valence-corrected chi connectivity index (χ1v) is 13.8. The second-order valence-corrected chi connectivity index (χ2v) is 10.5. The predicted molar refractivity (Wildman–Crippen MR) is 159 cm³/mol. The molecule has 1 aliphatic carbocycles. The lowest BCUT2D eigenvalue weighted by Gasteiger charge is -2.29. The number of methoxy groups -OCH3 is 1. The Morgan fingerprint density at radius 2 is 1.68 bits per heavy atom. The quantitative estimate of drug-likeness (QED) is 0.268. The van der Waals surface area contributed by atoms with Crippen molar-refractivity contribution in [1.82, 2.24) is 15.3 Å². The van der Waals surface area contributed by atoms with Crippen LogP contribution in [0.1, 0.15) is 41.6 Å². The van der Waals surface area contributed by atoms with E-state index >= 15 is 0 Å². The van der Waals surface area contributed by atoms with Gasteiger partial charge < -0.3 is 25.0 Å². The Kier molecular flexibility index (Phi) is 8.64. The van der Waals surface area contributed by atoms with Crippen LogP contribution in [0, 0.1) is 5.92 Å². The summed E-state index contributed by atoms with van der Waals surface area (Å²) in [5.41, 5.74) is 2.55. The SMILES string of the molecule is COc1ccc(C(=O)NCC2CCC(Nc3nc(N(C)C)c4ccccc4n3)CC2)cc1OCc1ccccc1. The number of anilines is 2. The normalized spacial score (nSPS) is 16.8. The van der Waals surface area contributed by atoms with Crippen molar-refractivity contribution in [3.05, 3.63) is 83.9 Å². The maximum Gasteiger partial charge on any atom is 0.251 e. The predicted octanol–water partition coefficient (Wildman–Crippen LogP) is 5.68. The summed E-state index contributed by atoms with van der Waals surface area (Å²) < 4.78 is 11.4. The van der Waals surface area contributed by atoms with Gasteiger partial charge in [-0.1, -0.05) is 42.5 Å². The van der Waals surface area contributed by atoms with Crippen LogP contribution in [0.4, 0.5) is 11.8 Å². The van der Waals surface area contributed by atoms with Crippen LogP contribution in [0.15, 0.2) is 72.8 Å². The lowest BCUT2D eigenvalue weighted by atomic mass is 9.86. The van der Waals surface area contributed by atoms with Gasteiger partial charge in [0.25, 0.3) is 5.91 Å². The molecular formula is C32H37N5O3. The number of para-hydroxylation sites is 1. The molecule has 0 atom stereocenters. The number of carbonyl (C=O) groups is 1. The van der Waals surface area contributed by atoms with Gasteiger partial charge in [0.2, 0.25) is 5.95 Å². The molecule has 0 radical (unpaired) electrons. The fourth-order valence-electron chi connectivity index (χ4n) is 5.16. The van der Waals surface area contributed by atoms with E-state index in [2.05, 4.69) is 16.7 Å². The maximum atomic E-state index is 13.0. The Morgan fingerprint density at radius 3 is 2.42 bits per heavy atom. The Bertz CT molecular complexity index is 1440. The van der Waals surface area contributed by atoms with E-state index in [0.29, 0.717) is 48.1 Å². The van der Waals surface area contributed by atoms with Gasteiger partial charge in [0.1, 0.15) is 12.4 Å². The van der Waals surface area contributed by atoms with Gasteiger partial charge in [0.05, 0.1) is 12.6 Å². The summed E-state index contributed by atoms with van der Waals surface area (Å²) in [6, 6.07) is 23.6. The van der Waals surface area contributed by atoms with Crippen molar-refractivity contribution in [2.45, 2.75) is 38.3 Å². The Balaban J connectivity index is 1.13. The molecule has 1 aromatic heterocycles. The summed E-state index contributed by atoms with van der Waals surface area (Å²) in [7, 11) is 5.61. The highest BCUT2D eigenvalue weighted by Crippen LogP contribution is 2.30. The van der Waals surface area contributed by atoms with Crippen LogP contribution in [0.2, 0.25) is 0 Å². The number of amides is 1. The summed E-state index contributed by atoms with van der Waals surface area (Å²) in [6.45, 7) is 1.05. The molecule has 4 aromatic rings. The molecule has 0 saturated heterocycles. The van der Waals surface area contributed by atoms with Crippen LogP contribution in [0.25, 0.3) is 10.9 Å². The summed E-state index contributed by atoms with van der Waals surface area (Å²) in [5.74, 6) is 3.07. The molecule has 1 aliphatic rings. The molecule has 1 fully saturated rings. The van der Waals surface area contributed by atoms with E-state index in [9.17, 15) is 4.79 Å². The van der Waals surface area contributed by atoms with Crippen molar-refractivity contribution in [2.24, 2.45) is 5.92 Å². The first-order chi connectivity index (χ1) is 19.5. The van der Waals surface area contributed by atoms with Crippen molar-refractivity contribution in [1.29, 1.82) is 0 Å². The molecule has 3 aromatic carbocycles. The topological polar surface area (TPSA) is 88.6 Å². The maximum absolute atomic E-state index is 13.0. The Morgan fingerprint density at radius 1 is 0.925 bits per heavy atom. The lowest BCUT2D eigenvalue weighted by molar-refractivity contribution is 0.0942. The number of carbonyl (C=O) groups excluding carboxylic acids is 1. The third-order valence-electron chi connectivity index (χ3n) is 7.40. The van der Waals surface area contributed by atoms with E-state index < -0.39 is 0 Å². The number of aromatic nitrogens is 2. The third kappa shape index (κ3) is 6.62. The highest BCUT2D eigenvalue weighted by molar-refractivity contribution is 5.95. The smallest absolute Gasteiger partial charge is 0.251 e. The Hall–Kier alpha value is -4.33. The summed E-state index contributed by atoms with van der Waals surface area (Å²) in [5, 5.41) is 7.73. The van der Waals surface area contributed by atoms with Crippen molar-refractivity contribution >= 4 is 28.6 Å². The number of nitrogens with zero attached hydrogens (tertiary/aromatic N) is 3. The zero-order chi connectivity index (χ0) is 27.9. The van der Waals surface area contributed by atoms with Crippen molar-refractivity contribution in [2.75, 3.05) is 38.0 Å². The van der Waals surface area contributed by atoms with E-state index in [1.807, 2.05) is 67.5 Å². The molecule has 1 saturated carbocycles. The van der Waals surface area contributed by atoms with E-state index in [-0.39, 0.29) is 5.91 Å². The molecule has 8 nitrogen and oxygen atoms in total. The molecule has 2 N–H and O–H groups in total. The molecule has 0 unspecified atom stereocenters. The molecule has 0 aliphatic heterocycles. The summed E-state index contributed by atoms with van der Waals surface area (Å²) >= 11 is 0. The minimum absolute atomic E-state index is 0.103. The molecule has 1 amide bonds. The van der Waals surface area contributed by atoms with Crippen LogP contribution in [0.3, 0.4) is 0 Å². The summed E-state index contributed by atoms with van der Waals surface area (Å²) in [4.78, 5) is 24.5. The average Bonchev–Trinajstić information content (AvgIpc) is 2.99. The van der Waals surface area contributed by atoms with Gasteiger partial charge in [-0.2, -0.15) is 4.98 Å². The molecule has 0 spiro atoms. The van der Waals surface area contributed by atoms with Gasteiger partial charge in [0, 0.05) is 37.6 Å². The van der Waals surface area contributed by atoms with E-state index in [0.717, 1.165) is 48.0 Å². The van der Waals surface area contributed by atoms with Crippen molar-refractivity contribution in [3.63, 3.8) is 0 Å². The van der Waals surface area contributed by atoms with Crippen LogP contribution >= 0.6 is 0 Å². The minimum atomic E-state index is -0.103. The van der Waals surface area contributed by atoms with Gasteiger partial charge in [0.15, 0.2) is 11.5 Å². The van der Waals surface area contributed by atoms with E-state index in [4.69, 9.17) is 19.4 Å². The number of nitrogens with one attached hydrogen (secondary N) is 2. The van der Waals surface area contributed by atoms with Gasteiger partial charge in [-0.3, -0.25) is 4.79 Å². The standard InChI is InChI=1S/C32H37N5O3/c1-37(2)30-26-11-7-8-12-27(26)35-32(36-30)34-25-16-13-22(14-17-25)20-33-31(38)24-15-18-28(39-3)29(19-24)40-21-23-9-5-4-6-10-23/h4-12,15,18-19,22,25H,13-14,16-17,20-21H2,1-3H3,(H,33,38)(H,34,35,36). The van der Waals surface area contributed by atoms with Crippen LogP contribution < -0.4 is 25.0 Å². The fourth-order valence-corrected chi connectivity index (χ4v) is 5.16. The molecular weight excluding hydrogens is 502 g/mol. The molecule has 1 heterocycles. The van der Waals surface area contributed by atoms with E-state index in [1.54, 1.807) is 25.3 Å². The van der Waals surface area contributed by atoms with Crippen molar-refractivity contribution in [3.8, 4) is 11.5 Å². The fraction of sp³-hybridized carbons (Fsp3) is 0.344. The third-order valence-corrected chi connectivity index (χ3v) is 7.40. The highest BCUT2D eigenvalue weighted by atomic mass is 16.5. The zero-order valence-corrected chi connectivity index (χ0v) is 23.4. The van der Waals surface area contributed by atoms with E-state index in [1.165, 1.54) is 0 Å². The number of ether oxygens (including phenoxy) is 2. The van der Waals surface area contributed by atoms with Gasteiger partial charge in [-0.15, -0.1) is 0 Å². The molecule has 208 valence electrons. The number of hydrogen-bond donors (Lipinski definition) is 2. The van der Waals surface area contributed by atoms with Gasteiger partial charge >= 0.3 is 0 Å². The number of rotatable bonds is 10. The summed E-state index contributed by atoms with van der Waals surface area (Å²) in [6.07, 6.45) is 4.07. The second kappa shape index (κ2) is 12.7. The lowest BCUT2D eigenvalue weighted by Crippen LogP contribution is -2.34. The number of benzene rings is 3. The highest BCUT2D eigenvalue weighted by Gasteiger charge is 2.23. The van der Waals surface area contributed by atoms with Gasteiger partial charge in [-0.05, 0) is 67.5 Å². The number of fused-ring (bicyclic) bond motifs is 1. The first-order valence-electron chi connectivity index (χ1n) is 13.8. The van der Waals surface area contributed by atoms with Crippen LogP contribution in [0.5, 0.6) is 11.5 Å². The van der Waals surface area contributed by atoms with Crippen LogP contribution in [-0.2, 0) is 6.61 Å². The van der Waals surface area contributed by atoms with Crippen LogP contribution in [-0.4, -0.2) is 49.7 Å². The molecule has 8 heteroatoms. The monoisotopic (exact) mass is 539 g/mol. The molecule has 5 rings (SSSR count). The second-order valence-electron chi connectivity index (χ2n) is 10.5. The minimum Gasteiger partial charge on any atom is -0.493 e. The zero-order valence-electron chi connectivity index (χ0n) is 23.4. The number of hydrogen-bond acceptors (Lipinski definition) is 7. The Labute approximate surface area is 235 Å². The molecule has 40 heavy (non-hydrogen) atoms.